The van der Waals surface area contributed by atoms with Gasteiger partial charge in [0.15, 0.2) is 11.6 Å². The summed E-state index contributed by atoms with van der Waals surface area (Å²) < 4.78 is 33.3. The number of rotatable bonds is 9. The van der Waals surface area contributed by atoms with Crippen LogP contribution in [0.3, 0.4) is 0 Å². The van der Waals surface area contributed by atoms with Crippen LogP contribution in [0, 0.1) is 30.4 Å². The molecule has 1 amide bonds. The number of carbonyl (C=O) groups is 2. The van der Waals surface area contributed by atoms with Crippen LogP contribution >= 0.6 is 0 Å². The van der Waals surface area contributed by atoms with Gasteiger partial charge in [-0.25, -0.2) is 8.78 Å². The van der Waals surface area contributed by atoms with Crippen LogP contribution in [-0.2, 0) is 14.3 Å². The summed E-state index contributed by atoms with van der Waals surface area (Å²) in [5, 5.41) is 0. The van der Waals surface area contributed by atoms with E-state index >= 15 is 0 Å². The van der Waals surface area contributed by atoms with E-state index < -0.39 is 29.4 Å². The highest BCUT2D eigenvalue weighted by atomic mass is 19.1. The van der Waals surface area contributed by atoms with Gasteiger partial charge in [0.1, 0.15) is 17.3 Å². The standard InChI is InChI=1S/C26H28F2N2O3/c1-5-7-8-18(26(29)32)19-12-21(31)23(25(19)33-4)22-14(3)9-16(10-15(22)6-2)24-20(28)11-17(27)13-30-24/h6,9-11,13,18-19H,2,5,7-8,12H2,1,3-4H3,(H2,29,32). The highest BCUT2D eigenvalue weighted by Crippen LogP contribution is 2.44. The summed E-state index contributed by atoms with van der Waals surface area (Å²) in [6.45, 7) is 7.66. The van der Waals surface area contributed by atoms with E-state index in [1.54, 1.807) is 25.1 Å². The second-order valence-electron chi connectivity index (χ2n) is 8.27. The number of aromatic nitrogens is 1. The van der Waals surface area contributed by atoms with Gasteiger partial charge >= 0.3 is 0 Å². The van der Waals surface area contributed by atoms with Crippen LogP contribution in [0.5, 0.6) is 0 Å². The van der Waals surface area contributed by atoms with Crippen LogP contribution < -0.4 is 5.73 Å². The van der Waals surface area contributed by atoms with Gasteiger partial charge in [-0.05, 0) is 42.2 Å². The van der Waals surface area contributed by atoms with Crippen LogP contribution in [0.4, 0.5) is 8.78 Å². The first-order valence-electron chi connectivity index (χ1n) is 10.9. The minimum atomic E-state index is -0.786. The first-order chi connectivity index (χ1) is 15.7. The number of methoxy groups -OCH3 is 1. The van der Waals surface area contributed by atoms with Crippen molar-refractivity contribution in [1.82, 2.24) is 4.98 Å². The first-order valence-corrected chi connectivity index (χ1v) is 10.9. The lowest BCUT2D eigenvalue weighted by molar-refractivity contribution is -0.124. The number of Topliss-reactive ketones (excluding diaryl/α,β-unsaturated/α-hetero) is 1. The van der Waals surface area contributed by atoms with Crippen molar-refractivity contribution >= 4 is 23.3 Å². The van der Waals surface area contributed by atoms with E-state index in [2.05, 4.69) is 11.6 Å². The van der Waals surface area contributed by atoms with Gasteiger partial charge in [0.05, 0.1) is 18.9 Å². The Labute approximate surface area is 192 Å². The molecule has 174 valence electrons. The molecule has 2 aromatic rings. The molecule has 0 bridgehead atoms. The lowest BCUT2D eigenvalue weighted by atomic mass is 9.85. The van der Waals surface area contributed by atoms with Gasteiger partial charge in [-0.3, -0.25) is 14.6 Å². The molecule has 3 rings (SSSR count). The number of carbonyl (C=O) groups excluding carboxylic acids is 2. The second-order valence-corrected chi connectivity index (χ2v) is 8.27. The minimum absolute atomic E-state index is 0.000854. The number of halogens is 2. The molecule has 5 nitrogen and oxygen atoms in total. The van der Waals surface area contributed by atoms with Crippen molar-refractivity contribution in [3.8, 4) is 11.3 Å². The number of ether oxygens (including phenoxy) is 1. The maximum absolute atomic E-state index is 14.3. The Morgan fingerprint density at radius 3 is 2.67 bits per heavy atom. The summed E-state index contributed by atoms with van der Waals surface area (Å²) in [6, 6.07) is 4.12. The van der Waals surface area contributed by atoms with Crippen molar-refractivity contribution in [3.63, 3.8) is 0 Å². The Hall–Kier alpha value is -3.35. The highest BCUT2D eigenvalue weighted by molar-refractivity contribution is 6.25. The van der Waals surface area contributed by atoms with E-state index in [-0.39, 0.29) is 17.9 Å². The van der Waals surface area contributed by atoms with Gasteiger partial charge in [-0.15, -0.1) is 0 Å². The lowest BCUT2D eigenvalue weighted by Gasteiger charge is -2.22. The highest BCUT2D eigenvalue weighted by Gasteiger charge is 2.41. The number of nitrogens with zero attached hydrogens (tertiary/aromatic N) is 1. The summed E-state index contributed by atoms with van der Waals surface area (Å²) >= 11 is 0. The predicted octanol–water partition coefficient (Wildman–Crippen LogP) is 5.22. The molecule has 0 fully saturated rings. The van der Waals surface area contributed by atoms with Crippen LogP contribution in [0.2, 0.25) is 0 Å². The first kappa shape index (κ1) is 24.3. The smallest absolute Gasteiger partial charge is 0.221 e. The fraction of sp³-hybridized carbons (Fsp3) is 0.346. The number of aryl methyl sites for hydroxylation is 1. The molecule has 0 saturated heterocycles. The van der Waals surface area contributed by atoms with Gasteiger partial charge in [0, 0.05) is 29.9 Å². The molecule has 1 heterocycles. The van der Waals surface area contributed by atoms with E-state index in [0.29, 0.717) is 40.0 Å². The fourth-order valence-corrected chi connectivity index (χ4v) is 4.60. The SMILES string of the molecule is C=Cc1cc(-c2ncc(F)cc2F)cc(C)c1C1=C(OC)C(C(CCCC)C(N)=O)CC1=O. The Balaban J connectivity index is 2.16. The van der Waals surface area contributed by atoms with Gasteiger partial charge in [-0.2, -0.15) is 0 Å². The summed E-state index contributed by atoms with van der Waals surface area (Å²) in [4.78, 5) is 29.3. The number of hydrogen-bond donors (Lipinski definition) is 1. The van der Waals surface area contributed by atoms with E-state index in [0.717, 1.165) is 25.1 Å². The number of benzene rings is 1. The van der Waals surface area contributed by atoms with Crippen LogP contribution in [0.15, 0.2) is 36.7 Å². The third-order valence-electron chi connectivity index (χ3n) is 6.12. The van der Waals surface area contributed by atoms with Crippen molar-refractivity contribution in [1.29, 1.82) is 0 Å². The average Bonchev–Trinajstić information content (AvgIpc) is 3.08. The number of ketones is 1. The van der Waals surface area contributed by atoms with Crippen LogP contribution in [0.25, 0.3) is 22.9 Å². The number of allylic oxidation sites excluding steroid dienone is 2. The number of pyridine rings is 1. The number of amides is 1. The molecule has 7 heteroatoms. The molecule has 2 atom stereocenters. The molecule has 0 radical (unpaired) electrons. The lowest BCUT2D eigenvalue weighted by Crippen LogP contribution is -2.30. The number of nitrogens with two attached hydrogens (primary N) is 1. The molecule has 33 heavy (non-hydrogen) atoms. The monoisotopic (exact) mass is 454 g/mol. The average molecular weight is 455 g/mol. The van der Waals surface area contributed by atoms with E-state index in [1.807, 2.05) is 6.92 Å². The summed E-state index contributed by atoms with van der Waals surface area (Å²) in [5.74, 6) is -2.66. The maximum atomic E-state index is 14.3. The van der Waals surface area contributed by atoms with E-state index in [9.17, 15) is 18.4 Å². The summed E-state index contributed by atoms with van der Waals surface area (Å²) in [5.41, 5.74) is 8.37. The zero-order valence-corrected chi connectivity index (χ0v) is 19.1. The van der Waals surface area contributed by atoms with Crippen LogP contribution in [0.1, 0.15) is 49.3 Å². The Kier molecular flexibility index (Phi) is 7.41. The molecular weight excluding hydrogens is 426 g/mol. The van der Waals surface area contributed by atoms with Crippen molar-refractivity contribution in [2.45, 2.75) is 39.5 Å². The third kappa shape index (κ3) is 4.72. The Bertz CT molecular complexity index is 1140. The van der Waals surface area contributed by atoms with Crippen molar-refractivity contribution in [2.75, 3.05) is 7.11 Å². The number of primary amides is 1. The fourth-order valence-electron chi connectivity index (χ4n) is 4.60. The van der Waals surface area contributed by atoms with Crippen molar-refractivity contribution < 1.29 is 23.1 Å². The van der Waals surface area contributed by atoms with Gasteiger partial charge < -0.3 is 10.5 Å². The molecule has 1 aromatic heterocycles. The molecular formula is C26H28F2N2O3. The molecule has 2 N–H and O–H groups in total. The third-order valence-corrected chi connectivity index (χ3v) is 6.12. The molecule has 1 aliphatic carbocycles. The van der Waals surface area contributed by atoms with Crippen molar-refractivity contribution in [3.05, 3.63) is 65.1 Å². The predicted molar refractivity (Wildman–Crippen MR) is 124 cm³/mol. The molecule has 0 spiro atoms. The maximum Gasteiger partial charge on any atom is 0.221 e. The topological polar surface area (TPSA) is 82.3 Å². The van der Waals surface area contributed by atoms with E-state index in [4.69, 9.17) is 10.5 Å². The molecule has 1 aromatic carbocycles. The molecule has 0 saturated carbocycles. The largest absolute Gasteiger partial charge is 0.500 e. The van der Waals surface area contributed by atoms with Gasteiger partial charge in [-0.1, -0.05) is 32.4 Å². The minimum Gasteiger partial charge on any atom is -0.500 e. The van der Waals surface area contributed by atoms with Gasteiger partial charge in [0.25, 0.3) is 0 Å². The second kappa shape index (κ2) is 10.1. The number of unbranched alkanes of at least 4 members (excludes halogenated alkanes) is 1. The zero-order chi connectivity index (χ0) is 24.3. The number of hydrogen-bond acceptors (Lipinski definition) is 4. The summed E-state index contributed by atoms with van der Waals surface area (Å²) in [6.07, 6.45) is 4.93. The van der Waals surface area contributed by atoms with E-state index in [1.165, 1.54) is 7.11 Å². The zero-order valence-electron chi connectivity index (χ0n) is 19.1. The molecule has 2 unspecified atom stereocenters. The molecule has 0 aliphatic heterocycles. The van der Waals surface area contributed by atoms with Gasteiger partial charge in [0.2, 0.25) is 5.91 Å². The summed E-state index contributed by atoms with van der Waals surface area (Å²) in [7, 11) is 1.48. The molecule has 1 aliphatic rings. The van der Waals surface area contributed by atoms with Crippen LogP contribution in [-0.4, -0.2) is 23.8 Å². The van der Waals surface area contributed by atoms with Crippen molar-refractivity contribution in [2.24, 2.45) is 17.6 Å². The Morgan fingerprint density at radius 2 is 2.09 bits per heavy atom. The Morgan fingerprint density at radius 1 is 1.36 bits per heavy atom. The quantitative estimate of drug-likeness (QED) is 0.563. The normalized spacial score (nSPS) is 16.8.